The van der Waals surface area contributed by atoms with Crippen LogP contribution in [0.1, 0.15) is 37.7 Å². The third-order valence-electron chi connectivity index (χ3n) is 4.11. The van der Waals surface area contributed by atoms with Crippen molar-refractivity contribution in [3.8, 4) is 5.75 Å². The number of fused-ring (bicyclic) bond motifs is 1. The van der Waals surface area contributed by atoms with Crippen molar-refractivity contribution in [2.24, 2.45) is 0 Å². The Labute approximate surface area is 119 Å². The maximum atomic E-state index is 12.0. The summed E-state index contributed by atoms with van der Waals surface area (Å²) in [5.41, 5.74) is 2.08. The van der Waals surface area contributed by atoms with Gasteiger partial charge in [0.25, 0.3) is 0 Å². The van der Waals surface area contributed by atoms with Gasteiger partial charge in [-0.05, 0) is 49.6 Å². The topological polar surface area (TPSA) is 50.4 Å². The van der Waals surface area contributed by atoms with Gasteiger partial charge in [-0.2, -0.15) is 0 Å². The molecule has 2 aliphatic heterocycles. The van der Waals surface area contributed by atoms with Crippen LogP contribution in [0.5, 0.6) is 5.75 Å². The molecule has 0 aliphatic carbocycles. The highest BCUT2D eigenvalue weighted by atomic mass is 16.5. The minimum absolute atomic E-state index is 0.108. The van der Waals surface area contributed by atoms with Crippen molar-refractivity contribution >= 4 is 11.6 Å². The molecule has 1 fully saturated rings. The molecule has 4 heteroatoms. The van der Waals surface area contributed by atoms with Gasteiger partial charge < -0.3 is 15.4 Å². The first-order valence-electron chi connectivity index (χ1n) is 7.60. The molecule has 3 rings (SSSR count). The second-order valence-electron chi connectivity index (χ2n) is 5.65. The molecule has 2 N–H and O–H groups in total. The van der Waals surface area contributed by atoms with Gasteiger partial charge in [0, 0.05) is 24.6 Å². The second-order valence-corrected chi connectivity index (χ2v) is 5.65. The van der Waals surface area contributed by atoms with Gasteiger partial charge >= 0.3 is 0 Å². The molecule has 4 nitrogen and oxygen atoms in total. The smallest absolute Gasteiger partial charge is 0.224 e. The Hall–Kier alpha value is -1.55. The molecule has 1 aromatic rings. The molecule has 1 atom stereocenters. The fourth-order valence-electron chi connectivity index (χ4n) is 2.96. The maximum absolute atomic E-state index is 12.0. The van der Waals surface area contributed by atoms with Crippen LogP contribution in [-0.2, 0) is 11.2 Å². The zero-order valence-corrected chi connectivity index (χ0v) is 11.8. The van der Waals surface area contributed by atoms with E-state index in [0.717, 1.165) is 37.4 Å². The van der Waals surface area contributed by atoms with Crippen molar-refractivity contribution in [2.45, 2.75) is 44.6 Å². The summed E-state index contributed by atoms with van der Waals surface area (Å²) in [4.78, 5) is 12.0. The van der Waals surface area contributed by atoms with Crippen LogP contribution in [0.15, 0.2) is 18.2 Å². The average molecular weight is 274 g/mol. The van der Waals surface area contributed by atoms with E-state index in [1.165, 1.54) is 24.8 Å². The molecule has 0 saturated carbocycles. The number of carbonyl (C=O) groups is 1. The predicted molar refractivity (Wildman–Crippen MR) is 79.1 cm³/mol. The Kier molecular flexibility index (Phi) is 4.21. The lowest BCUT2D eigenvalue weighted by atomic mass is 10.0. The van der Waals surface area contributed by atoms with Gasteiger partial charge in [0.1, 0.15) is 5.75 Å². The molecule has 2 aliphatic rings. The van der Waals surface area contributed by atoms with Gasteiger partial charge in [0.15, 0.2) is 0 Å². The molecule has 1 saturated heterocycles. The third kappa shape index (κ3) is 3.31. The number of amides is 1. The number of hydrogen-bond donors (Lipinski definition) is 2. The Bertz CT molecular complexity index is 481. The van der Waals surface area contributed by atoms with Gasteiger partial charge in [-0.1, -0.05) is 6.42 Å². The van der Waals surface area contributed by atoms with E-state index >= 15 is 0 Å². The SMILES string of the molecule is O=C(CCC1CCCCN1)Nc1ccc2c(c1)CCO2. The Balaban J connectivity index is 1.48. The summed E-state index contributed by atoms with van der Waals surface area (Å²) in [6.07, 6.45) is 6.20. The standard InChI is InChI=1S/C16H22N2O2/c19-16(7-5-13-3-1-2-9-17-13)18-14-4-6-15-12(11-14)8-10-20-15/h4,6,11,13,17H,1-3,5,7-10H2,(H,18,19). The quantitative estimate of drug-likeness (QED) is 0.887. The van der Waals surface area contributed by atoms with Crippen LogP contribution in [0.4, 0.5) is 5.69 Å². The molecule has 1 unspecified atom stereocenters. The first-order chi connectivity index (χ1) is 9.81. The normalized spacial score (nSPS) is 21.1. The summed E-state index contributed by atoms with van der Waals surface area (Å²) in [6, 6.07) is 6.41. The summed E-state index contributed by atoms with van der Waals surface area (Å²) in [5, 5.41) is 6.46. The lowest BCUT2D eigenvalue weighted by Gasteiger charge is -2.23. The molecule has 0 spiro atoms. The molecular weight excluding hydrogens is 252 g/mol. The number of rotatable bonds is 4. The number of carbonyl (C=O) groups excluding carboxylic acids is 1. The van der Waals surface area contributed by atoms with Crippen molar-refractivity contribution in [3.05, 3.63) is 23.8 Å². The molecule has 108 valence electrons. The number of benzene rings is 1. The number of ether oxygens (including phenoxy) is 1. The highest BCUT2D eigenvalue weighted by Gasteiger charge is 2.15. The van der Waals surface area contributed by atoms with E-state index in [9.17, 15) is 4.79 Å². The van der Waals surface area contributed by atoms with Gasteiger partial charge in [0.05, 0.1) is 6.61 Å². The molecule has 0 aromatic heterocycles. The van der Waals surface area contributed by atoms with Crippen LogP contribution in [0.3, 0.4) is 0 Å². The highest BCUT2D eigenvalue weighted by molar-refractivity contribution is 5.90. The fraction of sp³-hybridized carbons (Fsp3) is 0.562. The van der Waals surface area contributed by atoms with Crippen LogP contribution < -0.4 is 15.4 Å². The number of anilines is 1. The van der Waals surface area contributed by atoms with E-state index in [0.29, 0.717) is 12.5 Å². The number of hydrogen-bond acceptors (Lipinski definition) is 3. The molecule has 1 amide bonds. The first-order valence-corrected chi connectivity index (χ1v) is 7.60. The maximum Gasteiger partial charge on any atom is 0.224 e. The second kappa shape index (κ2) is 6.27. The van der Waals surface area contributed by atoms with Crippen molar-refractivity contribution in [1.82, 2.24) is 5.32 Å². The summed E-state index contributed by atoms with van der Waals surface area (Å²) < 4.78 is 5.46. The third-order valence-corrected chi connectivity index (χ3v) is 4.11. The minimum Gasteiger partial charge on any atom is -0.493 e. The fourth-order valence-corrected chi connectivity index (χ4v) is 2.96. The summed E-state index contributed by atoms with van der Waals surface area (Å²) in [6.45, 7) is 1.84. The minimum atomic E-state index is 0.108. The summed E-state index contributed by atoms with van der Waals surface area (Å²) >= 11 is 0. The zero-order valence-electron chi connectivity index (χ0n) is 11.8. The van der Waals surface area contributed by atoms with E-state index in [4.69, 9.17) is 4.74 Å². The zero-order chi connectivity index (χ0) is 13.8. The summed E-state index contributed by atoms with van der Waals surface area (Å²) in [5.74, 6) is 1.06. The highest BCUT2D eigenvalue weighted by Crippen LogP contribution is 2.27. The van der Waals surface area contributed by atoms with Crippen molar-refractivity contribution in [2.75, 3.05) is 18.5 Å². The monoisotopic (exact) mass is 274 g/mol. The largest absolute Gasteiger partial charge is 0.493 e. The Morgan fingerprint density at radius 1 is 1.40 bits per heavy atom. The van der Waals surface area contributed by atoms with E-state index < -0.39 is 0 Å². The van der Waals surface area contributed by atoms with Crippen LogP contribution in [0, 0.1) is 0 Å². The van der Waals surface area contributed by atoms with Crippen molar-refractivity contribution < 1.29 is 9.53 Å². The first kappa shape index (κ1) is 13.4. The van der Waals surface area contributed by atoms with E-state index in [1.807, 2.05) is 18.2 Å². The number of nitrogens with one attached hydrogen (secondary N) is 2. The average Bonchev–Trinajstić information content (AvgIpc) is 2.94. The number of piperidine rings is 1. The molecule has 1 aromatic carbocycles. The lowest BCUT2D eigenvalue weighted by Crippen LogP contribution is -2.34. The lowest BCUT2D eigenvalue weighted by molar-refractivity contribution is -0.116. The van der Waals surface area contributed by atoms with E-state index in [-0.39, 0.29) is 5.91 Å². The van der Waals surface area contributed by atoms with Crippen molar-refractivity contribution in [1.29, 1.82) is 0 Å². The molecule has 20 heavy (non-hydrogen) atoms. The molecule has 2 heterocycles. The molecule has 0 radical (unpaired) electrons. The molecule has 0 bridgehead atoms. The van der Waals surface area contributed by atoms with Crippen molar-refractivity contribution in [3.63, 3.8) is 0 Å². The predicted octanol–water partition coefficient (Wildman–Crippen LogP) is 2.48. The Morgan fingerprint density at radius 2 is 2.35 bits per heavy atom. The van der Waals surface area contributed by atoms with E-state index in [1.54, 1.807) is 0 Å². The van der Waals surface area contributed by atoms with Gasteiger partial charge in [-0.3, -0.25) is 4.79 Å². The van der Waals surface area contributed by atoms with Crippen LogP contribution in [-0.4, -0.2) is 25.1 Å². The van der Waals surface area contributed by atoms with Gasteiger partial charge in [-0.15, -0.1) is 0 Å². The van der Waals surface area contributed by atoms with Gasteiger partial charge in [0.2, 0.25) is 5.91 Å². The van der Waals surface area contributed by atoms with Crippen LogP contribution in [0.25, 0.3) is 0 Å². The van der Waals surface area contributed by atoms with Gasteiger partial charge in [-0.25, -0.2) is 0 Å². The van der Waals surface area contributed by atoms with Crippen LogP contribution in [0.2, 0.25) is 0 Å². The Morgan fingerprint density at radius 3 is 3.20 bits per heavy atom. The van der Waals surface area contributed by atoms with E-state index in [2.05, 4.69) is 10.6 Å². The summed E-state index contributed by atoms with van der Waals surface area (Å²) in [7, 11) is 0. The van der Waals surface area contributed by atoms with Crippen LogP contribution >= 0.6 is 0 Å². The molecular formula is C16H22N2O2.